The second-order valence-electron chi connectivity index (χ2n) is 24.3. The highest BCUT2D eigenvalue weighted by molar-refractivity contribution is 6.00. The van der Waals surface area contributed by atoms with Crippen LogP contribution in [0.25, 0.3) is 12.2 Å². The Balaban J connectivity index is 1.14. The summed E-state index contributed by atoms with van der Waals surface area (Å²) in [6.07, 6.45) is 4.90. The Bertz CT molecular complexity index is 3150. The summed E-state index contributed by atoms with van der Waals surface area (Å²) < 4.78 is 5.49. The molecule has 0 aliphatic carbocycles. The van der Waals surface area contributed by atoms with Gasteiger partial charge in [0.2, 0.25) is 35.4 Å². The van der Waals surface area contributed by atoms with Crippen molar-refractivity contribution in [2.24, 2.45) is 23.0 Å². The fraction of sp³-hybridized carbons (Fsp3) is 0.439. The van der Waals surface area contributed by atoms with Gasteiger partial charge in [-0.25, -0.2) is 14.4 Å². The Hall–Kier alpha value is -8.85. The van der Waals surface area contributed by atoms with Gasteiger partial charge in [0.15, 0.2) is 0 Å². The highest BCUT2D eigenvalue weighted by atomic mass is 16.5. The van der Waals surface area contributed by atoms with Crippen molar-refractivity contribution in [1.29, 1.82) is 0 Å². The van der Waals surface area contributed by atoms with Crippen LogP contribution in [0.3, 0.4) is 0 Å². The Morgan fingerprint density at radius 3 is 1.95 bits per heavy atom. The molecule has 10 N–H and O–H groups in total. The number of carbonyl (C=O) groups excluding carboxylic acids is 8. The van der Waals surface area contributed by atoms with Crippen LogP contribution >= 0.6 is 0 Å². The van der Waals surface area contributed by atoms with Gasteiger partial charge in [-0.15, -0.1) is 0 Å². The van der Waals surface area contributed by atoms with Crippen LogP contribution in [0.15, 0.2) is 109 Å². The average Bonchev–Trinajstić information content (AvgIpc) is 2.26. The van der Waals surface area contributed by atoms with E-state index >= 15 is 0 Å². The molecule has 0 saturated carbocycles. The van der Waals surface area contributed by atoms with Gasteiger partial charge in [-0.05, 0) is 95.6 Å². The molecular weight excluding hydrogens is 1110 g/mol. The molecule has 5 atom stereocenters. The van der Waals surface area contributed by atoms with Gasteiger partial charge in [0, 0.05) is 49.7 Å². The molecule has 4 aromatic rings. The number of hydrogen-bond acceptors (Lipinski definition) is 11. The smallest absolute Gasteiger partial charge is 0.407 e. The van der Waals surface area contributed by atoms with Crippen molar-refractivity contribution in [1.82, 2.24) is 36.8 Å². The van der Waals surface area contributed by atoms with Gasteiger partial charge < -0.3 is 62.6 Å². The third-order valence-electron chi connectivity index (χ3n) is 15.4. The summed E-state index contributed by atoms with van der Waals surface area (Å²) >= 11 is 0. The van der Waals surface area contributed by atoms with E-state index in [-0.39, 0.29) is 68.7 Å². The third-order valence-corrected chi connectivity index (χ3v) is 15.4. The van der Waals surface area contributed by atoms with Crippen LogP contribution in [0.2, 0.25) is 0 Å². The number of ether oxygens (including phenoxy) is 1. The van der Waals surface area contributed by atoms with E-state index in [0.29, 0.717) is 17.8 Å². The molecule has 9 amide bonds. The molecule has 1 aliphatic rings. The number of aliphatic carboxylic acids is 1. The molecule has 5 rings (SSSR count). The molecule has 21 heteroatoms. The van der Waals surface area contributed by atoms with Crippen LogP contribution in [0.4, 0.5) is 21.0 Å². The van der Waals surface area contributed by atoms with Crippen LogP contribution in [0, 0.1) is 17.3 Å². The van der Waals surface area contributed by atoms with Gasteiger partial charge in [0.05, 0.1) is 24.3 Å². The number of urea groups is 1. The van der Waals surface area contributed by atoms with Gasteiger partial charge >= 0.3 is 18.1 Å². The molecule has 4 aromatic carbocycles. The van der Waals surface area contributed by atoms with E-state index in [4.69, 9.17) is 10.5 Å². The lowest BCUT2D eigenvalue weighted by molar-refractivity contribution is -0.141. The van der Waals surface area contributed by atoms with Gasteiger partial charge in [0.25, 0.3) is 0 Å². The minimum atomic E-state index is -1.11. The number of alkyl carbamates (subject to hydrolysis) is 1. The van der Waals surface area contributed by atoms with E-state index in [9.17, 15) is 48.3 Å². The van der Waals surface area contributed by atoms with Crippen LogP contribution < -0.4 is 47.9 Å². The van der Waals surface area contributed by atoms with Gasteiger partial charge in [-0.3, -0.25) is 28.8 Å². The molecule has 0 aromatic heterocycles. The van der Waals surface area contributed by atoms with E-state index in [1.54, 1.807) is 63.2 Å². The first kappa shape index (κ1) is 68.9. The summed E-state index contributed by atoms with van der Waals surface area (Å²) in [7, 11) is 3.29. The fourth-order valence-electron chi connectivity index (χ4n) is 10.2. The van der Waals surface area contributed by atoms with Gasteiger partial charge in [-0.2, -0.15) is 0 Å². The molecule has 21 nitrogen and oxygen atoms in total. The quantitative estimate of drug-likeness (QED) is 0.0207. The molecular formula is C66H88N10O11. The number of anilines is 2. The van der Waals surface area contributed by atoms with Crippen molar-refractivity contribution in [3.63, 3.8) is 0 Å². The average molecular weight is 1200 g/mol. The standard InChI is InChI=1S/C66H88N10O11/c1-40(2)52(36-42(5)62(83)84)75(12)61(82)57(65(6,7)8)74-60(81)56(68-11)66(9,10)48-29-23-43(24-30-48)37-70-64(86)87-39-44-25-31-49(32-26-44)71-58(79)50(21-17-35-69-63(67)85)72-59(80)55(41(3)4)73-53(77)33-34-54(78)76-38-47-20-14-13-18-45(47)27-28-46-19-15-16-22-51(46)76/h13-16,18-20,22-32,36,40-41,50,52,55-57,68H,17,21,33-35,37-39H2,1-12H3,(H,70,86)(H,71,79)(H,72,80)(H,73,77)(H,74,81)(H,83,84)(H3,67,69,85)/b28-27-,42-36+/t50-,52+,55-,56?,57+/m0/s1. The van der Waals surface area contributed by atoms with Crippen molar-refractivity contribution in [2.45, 2.75) is 150 Å². The zero-order valence-corrected chi connectivity index (χ0v) is 52.2. The Kier molecular flexibility index (Phi) is 25.0. The molecule has 468 valence electrons. The van der Waals surface area contributed by atoms with Crippen molar-refractivity contribution in [3.05, 3.63) is 142 Å². The SMILES string of the molecule is CNC(C(=O)N[C@H](C(=O)N(C)[C@H](/C=C(\C)C(=O)O)C(C)C)C(C)(C)C)C(C)(C)c1ccc(CNC(=O)OCc2ccc(NC(=O)[C@H](CCCNC(N)=O)NC(=O)[C@@H](NC(=O)CCC(=O)N3Cc4ccccc4/C=C\c4ccccc43)C(C)C)cc2)cc1. The molecule has 1 unspecified atom stereocenters. The number of benzene rings is 4. The first-order chi connectivity index (χ1) is 41.0. The predicted molar refractivity (Wildman–Crippen MR) is 336 cm³/mol. The largest absolute Gasteiger partial charge is 0.478 e. The highest BCUT2D eigenvalue weighted by Gasteiger charge is 2.42. The third kappa shape index (κ3) is 19.9. The van der Waals surface area contributed by atoms with Crippen molar-refractivity contribution >= 4 is 77.1 Å². The Morgan fingerprint density at radius 2 is 1.34 bits per heavy atom. The van der Waals surface area contributed by atoms with Gasteiger partial charge in [-0.1, -0.05) is 159 Å². The van der Waals surface area contributed by atoms with E-state index in [1.165, 1.54) is 11.8 Å². The number of carboxylic acid groups (broad SMARTS) is 1. The molecule has 0 bridgehead atoms. The first-order valence-corrected chi connectivity index (χ1v) is 29.4. The zero-order chi connectivity index (χ0) is 64.3. The number of hydrogen-bond donors (Lipinski definition) is 9. The van der Waals surface area contributed by atoms with E-state index in [1.807, 2.05) is 133 Å². The summed E-state index contributed by atoms with van der Waals surface area (Å²) in [6.45, 7) is 18.6. The van der Waals surface area contributed by atoms with Crippen LogP contribution in [0.1, 0.15) is 128 Å². The number of nitrogens with two attached hydrogens (primary N) is 1. The number of para-hydroxylation sites is 1. The van der Waals surface area contributed by atoms with Crippen LogP contribution in [0.5, 0.6) is 0 Å². The zero-order valence-electron chi connectivity index (χ0n) is 52.2. The summed E-state index contributed by atoms with van der Waals surface area (Å²) in [6, 6.07) is 24.1. The molecule has 0 saturated heterocycles. The normalized spacial score (nSPS) is 14.5. The number of nitrogens with zero attached hydrogens (tertiary/aromatic N) is 2. The van der Waals surface area contributed by atoms with Crippen LogP contribution in [-0.2, 0) is 63.4 Å². The number of likely N-dealkylation sites (N-methyl/N-ethyl adjacent to an activating group) is 2. The molecule has 1 heterocycles. The summed E-state index contributed by atoms with van der Waals surface area (Å²) in [5, 5.41) is 29.3. The number of nitrogens with one attached hydrogen (secondary N) is 7. The predicted octanol–water partition coefficient (Wildman–Crippen LogP) is 7.53. The maximum Gasteiger partial charge on any atom is 0.407 e. The highest BCUT2D eigenvalue weighted by Crippen LogP contribution is 2.32. The van der Waals surface area contributed by atoms with E-state index in [0.717, 1.165) is 33.5 Å². The maximum absolute atomic E-state index is 14.1. The second kappa shape index (κ2) is 31.5. The summed E-state index contributed by atoms with van der Waals surface area (Å²) in [4.78, 5) is 122. The Labute approximate surface area is 511 Å². The van der Waals surface area contributed by atoms with Crippen molar-refractivity contribution in [2.75, 3.05) is 30.9 Å². The number of fused-ring (bicyclic) bond motifs is 2. The fourth-order valence-corrected chi connectivity index (χ4v) is 10.2. The lowest BCUT2D eigenvalue weighted by atomic mass is 9.76. The van der Waals surface area contributed by atoms with Crippen molar-refractivity contribution in [3.8, 4) is 0 Å². The van der Waals surface area contributed by atoms with Gasteiger partial charge in [0.1, 0.15) is 24.7 Å². The topological polar surface area (TPSA) is 300 Å². The molecule has 0 radical (unpaired) electrons. The van der Waals surface area contributed by atoms with Crippen molar-refractivity contribution < 1.29 is 53.0 Å². The van der Waals surface area contributed by atoms with Crippen LogP contribution in [-0.4, -0.2) is 114 Å². The number of rotatable bonds is 27. The minimum absolute atomic E-state index is 0.0966. The summed E-state index contributed by atoms with van der Waals surface area (Å²) in [5.41, 5.74) is 9.95. The molecule has 1 aliphatic heterocycles. The number of amides is 9. The lowest BCUT2D eigenvalue weighted by Gasteiger charge is -2.40. The number of primary amides is 1. The molecule has 87 heavy (non-hydrogen) atoms. The maximum atomic E-state index is 14.1. The number of carbonyl (C=O) groups is 9. The summed E-state index contributed by atoms with van der Waals surface area (Å²) in [5.74, 6) is -4.31. The molecule has 0 fully saturated rings. The van der Waals surface area contributed by atoms with E-state index in [2.05, 4.69) is 37.2 Å². The molecule has 0 spiro atoms. The Morgan fingerprint density at radius 1 is 0.724 bits per heavy atom. The number of carboxylic acids is 1. The minimum Gasteiger partial charge on any atom is -0.478 e. The monoisotopic (exact) mass is 1200 g/mol. The lowest BCUT2D eigenvalue weighted by Crippen LogP contribution is -2.61. The van der Waals surface area contributed by atoms with E-state index < -0.39 is 88.7 Å². The first-order valence-electron chi connectivity index (χ1n) is 29.4. The second-order valence-corrected chi connectivity index (χ2v) is 24.3.